The number of thiocarbonyl (C=S) groups is 1. The van der Waals surface area contributed by atoms with Crippen LogP contribution in [0.3, 0.4) is 0 Å². The molecule has 1 amide bonds. The molecule has 2 aliphatic heterocycles. The molecule has 2 atom stereocenters. The summed E-state index contributed by atoms with van der Waals surface area (Å²) in [6.45, 7) is 2.41. The molecule has 2 bridgehead atoms. The standard InChI is InChI=1S/C14H17N3O2S2/c15-12(18)8-21-14(20)16-5-9-4-10(7-16)11-2-1-3-13(19)17(11)6-9/h1-3,9-10H,4-8H2,(H2,15,18)/t9-,10+/m1/s1. The minimum absolute atomic E-state index is 0.0846. The number of pyridine rings is 1. The Bertz CT molecular complexity index is 643. The summed E-state index contributed by atoms with van der Waals surface area (Å²) in [5.41, 5.74) is 6.35. The van der Waals surface area contributed by atoms with Gasteiger partial charge < -0.3 is 15.2 Å². The van der Waals surface area contributed by atoms with Crippen LogP contribution in [0.2, 0.25) is 0 Å². The lowest BCUT2D eigenvalue weighted by Crippen LogP contribution is -2.48. The summed E-state index contributed by atoms with van der Waals surface area (Å²) in [6.07, 6.45) is 1.10. The third-order valence-corrected chi connectivity index (χ3v) is 5.62. The van der Waals surface area contributed by atoms with Gasteiger partial charge in [-0.25, -0.2) is 0 Å². The van der Waals surface area contributed by atoms with E-state index in [9.17, 15) is 9.59 Å². The van der Waals surface area contributed by atoms with Gasteiger partial charge in [-0.1, -0.05) is 30.0 Å². The highest BCUT2D eigenvalue weighted by Crippen LogP contribution is 2.35. The van der Waals surface area contributed by atoms with Gasteiger partial charge in [0.15, 0.2) is 0 Å². The number of fused-ring (bicyclic) bond motifs is 4. The number of piperidine rings is 1. The zero-order valence-corrected chi connectivity index (χ0v) is 13.2. The van der Waals surface area contributed by atoms with Crippen LogP contribution in [0.5, 0.6) is 0 Å². The van der Waals surface area contributed by atoms with Gasteiger partial charge in [0.25, 0.3) is 5.56 Å². The normalized spacial score (nSPS) is 23.5. The number of hydrogen-bond acceptors (Lipinski definition) is 4. The molecule has 2 aliphatic rings. The van der Waals surface area contributed by atoms with Gasteiger partial charge in [-0.2, -0.15) is 0 Å². The number of aromatic nitrogens is 1. The molecule has 2 N–H and O–H groups in total. The molecule has 1 aromatic heterocycles. The molecule has 0 aromatic carbocycles. The SMILES string of the molecule is NC(=O)CSC(=S)N1C[C@H]2C[C@@H](C1)c1cccc(=O)n1C2. The van der Waals surface area contributed by atoms with E-state index < -0.39 is 0 Å². The second-order valence-corrected chi connectivity index (χ2v) is 7.23. The maximum Gasteiger partial charge on any atom is 0.250 e. The van der Waals surface area contributed by atoms with Crippen molar-refractivity contribution in [2.24, 2.45) is 11.7 Å². The molecule has 5 nitrogen and oxygen atoms in total. The van der Waals surface area contributed by atoms with E-state index in [0.29, 0.717) is 11.8 Å². The number of amides is 1. The second kappa shape index (κ2) is 5.81. The Morgan fingerprint density at radius 2 is 2.19 bits per heavy atom. The first-order valence-electron chi connectivity index (χ1n) is 6.94. The Morgan fingerprint density at radius 1 is 1.38 bits per heavy atom. The fourth-order valence-electron chi connectivity index (χ4n) is 3.27. The van der Waals surface area contributed by atoms with Crippen LogP contribution in [0.4, 0.5) is 0 Å². The van der Waals surface area contributed by atoms with Crippen molar-refractivity contribution in [3.63, 3.8) is 0 Å². The molecule has 7 heteroatoms. The topological polar surface area (TPSA) is 68.3 Å². The summed E-state index contributed by atoms with van der Waals surface area (Å²) >= 11 is 6.74. The van der Waals surface area contributed by atoms with Crippen molar-refractivity contribution in [1.29, 1.82) is 0 Å². The number of rotatable bonds is 2. The minimum Gasteiger partial charge on any atom is -0.369 e. The third-order valence-electron chi connectivity index (χ3n) is 4.08. The molecule has 0 radical (unpaired) electrons. The van der Waals surface area contributed by atoms with Gasteiger partial charge in [0.2, 0.25) is 5.91 Å². The number of nitrogens with two attached hydrogens (primary N) is 1. The number of nitrogens with zero attached hydrogens (tertiary/aromatic N) is 2. The molecule has 0 saturated carbocycles. The van der Waals surface area contributed by atoms with Crippen LogP contribution in [0.1, 0.15) is 18.0 Å². The molecular formula is C14H17N3O2S2. The van der Waals surface area contributed by atoms with E-state index in [0.717, 1.165) is 36.1 Å². The molecule has 3 rings (SSSR count). The summed E-state index contributed by atoms with van der Waals surface area (Å²) in [5.74, 6) is 0.638. The molecule has 1 fully saturated rings. The highest BCUT2D eigenvalue weighted by molar-refractivity contribution is 8.23. The number of likely N-dealkylation sites (tertiary alicyclic amines) is 1. The highest BCUT2D eigenvalue weighted by Gasteiger charge is 2.35. The maximum atomic E-state index is 12.0. The maximum absolute atomic E-state index is 12.0. The number of primary amides is 1. The number of carbonyl (C=O) groups is 1. The molecule has 0 spiro atoms. The van der Waals surface area contributed by atoms with Crippen molar-refractivity contribution >= 4 is 34.2 Å². The lowest BCUT2D eigenvalue weighted by Gasteiger charge is -2.43. The van der Waals surface area contributed by atoms with E-state index in [-0.39, 0.29) is 17.2 Å². The van der Waals surface area contributed by atoms with Crippen molar-refractivity contribution in [3.8, 4) is 0 Å². The van der Waals surface area contributed by atoms with Crippen molar-refractivity contribution in [2.45, 2.75) is 18.9 Å². The van der Waals surface area contributed by atoms with Crippen LogP contribution in [0, 0.1) is 5.92 Å². The summed E-state index contributed by atoms with van der Waals surface area (Å²) in [5, 5.41) is 0. The Hall–Kier alpha value is -1.34. The van der Waals surface area contributed by atoms with E-state index in [4.69, 9.17) is 18.0 Å². The lowest BCUT2D eigenvalue weighted by molar-refractivity contribution is -0.115. The Labute approximate surface area is 132 Å². The molecule has 112 valence electrons. The molecule has 1 aromatic rings. The highest BCUT2D eigenvalue weighted by atomic mass is 32.2. The zero-order chi connectivity index (χ0) is 15.0. The van der Waals surface area contributed by atoms with Crippen molar-refractivity contribution < 1.29 is 4.79 Å². The van der Waals surface area contributed by atoms with Crippen molar-refractivity contribution in [1.82, 2.24) is 9.47 Å². The van der Waals surface area contributed by atoms with Gasteiger partial charge in [-0.15, -0.1) is 0 Å². The number of hydrogen-bond donors (Lipinski definition) is 1. The fraction of sp³-hybridized carbons (Fsp3) is 0.500. The van der Waals surface area contributed by atoms with Crippen LogP contribution in [-0.4, -0.2) is 38.5 Å². The van der Waals surface area contributed by atoms with Crippen LogP contribution >= 0.6 is 24.0 Å². The summed E-state index contributed by atoms with van der Waals surface area (Å²) < 4.78 is 2.63. The minimum atomic E-state index is -0.351. The van der Waals surface area contributed by atoms with Gasteiger partial charge in [0, 0.05) is 37.3 Å². The summed E-state index contributed by atoms with van der Waals surface area (Å²) in [6, 6.07) is 5.48. The predicted molar refractivity (Wildman–Crippen MR) is 87.4 cm³/mol. The fourth-order valence-corrected chi connectivity index (χ4v) is 4.19. The molecule has 0 unspecified atom stereocenters. The summed E-state index contributed by atoms with van der Waals surface area (Å²) in [4.78, 5) is 25.0. The van der Waals surface area contributed by atoms with Crippen molar-refractivity contribution in [2.75, 3.05) is 18.8 Å². The summed E-state index contributed by atoms with van der Waals surface area (Å²) in [7, 11) is 0. The first kappa shape index (κ1) is 14.6. The van der Waals surface area contributed by atoms with E-state index in [1.54, 1.807) is 6.07 Å². The zero-order valence-electron chi connectivity index (χ0n) is 11.5. The Balaban J connectivity index is 1.77. The number of thioether (sulfide) groups is 1. The molecular weight excluding hydrogens is 306 g/mol. The van der Waals surface area contributed by atoms with Gasteiger partial charge in [-0.3, -0.25) is 9.59 Å². The molecule has 1 saturated heterocycles. The largest absolute Gasteiger partial charge is 0.369 e. The van der Waals surface area contributed by atoms with Gasteiger partial charge in [0.1, 0.15) is 4.32 Å². The Morgan fingerprint density at radius 3 is 2.95 bits per heavy atom. The van der Waals surface area contributed by atoms with Crippen LogP contribution in [0.25, 0.3) is 0 Å². The van der Waals surface area contributed by atoms with E-state index in [1.807, 2.05) is 16.7 Å². The van der Waals surface area contributed by atoms with Gasteiger partial charge >= 0.3 is 0 Å². The van der Waals surface area contributed by atoms with Gasteiger partial charge in [0.05, 0.1) is 5.75 Å². The quantitative estimate of drug-likeness (QED) is 0.814. The number of carbonyl (C=O) groups excluding carboxylic acids is 1. The van der Waals surface area contributed by atoms with E-state index in [2.05, 4.69) is 4.90 Å². The third kappa shape index (κ3) is 2.98. The monoisotopic (exact) mass is 323 g/mol. The molecule has 0 aliphatic carbocycles. The average molecular weight is 323 g/mol. The van der Waals surface area contributed by atoms with E-state index >= 15 is 0 Å². The van der Waals surface area contributed by atoms with Crippen molar-refractivity contribution in [3.05, 3.63) is 34.2 Å². The first-order valence-corrected chi connectivity index (χ1v) is 8.33. The predicted octanol–water partition coefficient (Wildman–Crippen LogP) is 0.771. The van der Waals surface area contributed by atoms with Crippen LogP contribution < -0.4 is 11.3 Å². The molecule has 21 heavy (non-hydrogen) atoms. The van der Waals surface area contributed by atoms with Gasteiger partial charge in [-0.05, 0) is 18.4 Å². The van der Waals surface area contributed by atoms with Crippen LogP contribution in [-0.2, 0) is 11.3 Å². The smallest absolute Gasteiger partial charge is 0.250 e. The van der Waals surface area contributed by atoms with E-state index in [1.165, 1.54) is 11.8 Å². The second-order valence-electron chi connectivity index (χ2n) is 5.62. The first-order chi connectivity index (χ1) is 10.0. The lowest BCUT2D eigenvalue weighted by atomic mass is 9.83. The Kier molecular flexibility index (Phi) is 4.03. The molecule has 3 heterocycles. The van der Waals surface area contributed by atoms with Crippen LogP contribution in [0.15, 0.2) is 23.0 Å². The average Bonchev–Trinajstić information content (AvgIpc) is 2.45.